The third-order valence-electron chi connectivity index (χ3n) is 4.82. The largest absolute Gasteiger partial charge is 0.368 e. The summed E-state index contributed by atoms with van der Waals surface area (Å²) in [6, 6.07) is 8.46. The monoisotopic (exact) mass is 352 g/mol. The van der Waals surface area contributed by atoms with Gasteiger partial charge >= 0.3 is 6.03 Å². The highest BCUT2D eigenvalue weighted by Gasteiger charge is 2.21. The van der Waals surface area contributed by atoms with Crippen LogP contribution in [0.25, 0.3) is 0 Å². The first-order valence-electron chi connectivity index (χ1n) is 8.74. The lowest BCUT2D eigenvalue weighted by atomic mass is 10.2. The lowest BCUT2D eigenvalue weighted by molar-refractivity contribution is 0.190. The number of likely N-dealkylation sites (N-methyl/N-ethyl adjacent to an activating group) is 1. The summed E-state index contributed by atoms with van der Waals surface area (Å²) in [6.07, 6.45) is 1.12. The lowest BCUT2D eigenvalue weighted by Crippen LogP contribution is -2.52. The number of carbonyl (C=O) groups excluding carboxylic acids is 1. The van der Waals surface area contributed by atoms with Crippen LogP contribution in [0.3, 0.4) is 0 Å². The molecule has 1 aromatic carbocycles. The fourth-order valence-electron chi connectivity index (χ4n) is 2.82. The van der Waals surface area contributed by atoms with Crippen molar-refractivity contribution in [3.8, 4) is 0 Å². The number of nitrogens with zero attached hydrogens (tertiary/aromatic N) is 3. The van der Waals surface area contributed by atoms with Crippen LogP contribution >= 0.6 is 11.6 Å². The van der Waals surface area contributed by atoms with Crippen LogP contribution in [0.1, 0.15) is 20.3 Å². The fourth-order valence-corrected chi connectivity index (χ4v) is 3.01. The summed E-state index contributed by atoms with van der Waals surface area (Å²) in [5, 5.41) is 3.78. The molecule has 2 rings (SSSR count). The molecule has 2 amide bonds. The van der Waals surface area contributed by atoms with E-state index in [2.05, 4.69) is 42.1 Å². The molecule has 1 heterocycles. The lowest BCUT2D eigenvalue weighted by Gasteiger charge is -2.36. The molecule has 24 heavy (non-hydrogen) atoms. The minimum Gasteiger partial charge on any atom is -0.368 e. The van der Waals surface area contributed by atoms with Gasteiger partial charge in [-0.05, 0) is 38.6 Å². The second-order valence-electron chi connectivity index (χ2n) is 6.42. The van der Waals surface area contributed by atoms with Gasteiger partial charge in [-0.3, -0.25) is 0 Å². The molecule has 0 aliphatic carbocycles. The molecule has 1 unspecified atom stereocenters. The molecule has 134 valence electrons. The molecule has 0 aromatic heterocycles. The number of amides is 2. The van der Waals surface area contributed by atoms with Crippen molar-refractivity contribution in [2.45, 2.75) is 26.3 Å². The molecule has 0 saturated carbocycles. The molecule has 1 fully saturated rings. The summed E-state index contributed by atoms with van der Waals surface area (Å²) in [6.45, 7) is 9.09. The Morgan fingerprint density at radius 3 is 2.67 bits per heavy atom. The van der Waals surface area contributed by atoms with E-state index in [9.17, 15) is 4.79 Å². The molecule has 1 atom stereocenters. The van der Waals surface area contributed by atoms with Crippen LogP contribution < -0.4 is 10.2 Å². The summed E-state index contributed by atoms with van der Waals surface area (Å²) < 4.78 is 0. The Balaban J connectivity index is 1.73. The van der Waals surface area contributed by atoms with Crippen molar-refractivity contribution in [1.29, 1.82) is 0 Å². The van der Waals surface area contributed by atoms with Crippen LogP contribution in [0, 0.1) is 0 Å². The first-order valence-corrected chi connectivity index (χ1v) is 9.12. The van der Waals surface area contributed by atoms with Gasteiger partial charge in [0.15, 0.2) is 0 Å². The zero-order valence-electron chi connectivity index (χ0n) is 15.0. The van der Waals surface area contributed by atoms with Gasteiger partial charge in [0.25, 0.3) is 0 Å². The maximum atomic E-state index is 12.3. The number of benzene rings is 1. The number of hydrogen-bond acceptors (Lipinski definition) is 3. The zero-order chi connectivity index (χ0) is 17.5. The van der Waals surface area contributed by atoms with Crippen molar-refractivity contribution >= 4 is 23.3 Å². The molecule has 1 aliphatic rings. The Hall–Kier alpha value is -1.46. The maximum absolute atomic E-state index is 12.3. The van der Waals surface area contributed by atoms with Crippen molar-refractivity contribution in [2.24, 2.45) is 0 Å². The minimum absolute atomic E-state index is 0.0401. The topological polar surface area (TPSA) is 38.8 Å². The highest BCUT2D eigenvalue weighted by atomic mass is 35.5. The summed E-state index contributed by atoms with van der Waals surface area (Å²) in [5.41, 5.74) is 1.12. The molecule has 6 heteroatoms. The third-order valence-corrected chi connectivity index (χ3v) is 5.06. The second kappa shape index (κ2) is 9.14. The van der Waals surface area contributed by atoms with Crippen LogP contribution in [-0.4, -0.2) is 68.2 Å². The number of rotatable bonds is 6. The van der Waals surface area contributed by atoms with E-state index in [1.165, 1.54) is 0 Å². The molecule has 1 aliphatic heterocycles. The Kier molecular flexibility index (Phi) is 7.18. The molecule has 5 nitrogen and oxygen atoms in total. The molecule has 1 N–H and O–H groups in total. The third kappa shape index (κ3) is 5.28. The molecular weight excluding hydrogens is 324 g/mol. The molecule has 0 bridgehead atoms. The summed E-state index contributed by atoms with van der Waals surface area (Å²) in [5.74, 6) is 0. The van der Waals surface area contributed by atoms with E-state index in [4.69, 9.17) is 11.6 Å². The zero-order valence-corrected chi connectivity index (χ0v) is 15.7. The maximum Gasteiger partial charge on any atom is 0.317 e. The van der Waals surface area contributed by atoms with Crippen LogP contribution in [0.5, 0.6) is 0 Å². The number of halogens is 1. The average molecular weight is 353 g/mol. The van der Waals surface area contributed by atoms with Gasteiger partial charge in [0, 0.05) is 56.0 Å². The van der Waals surface area contributed by atoms with E-state index in [0.29, 0.717) is 12.6 Å². The van der Waals surface area contributed by atoms with Crippen LogP contribution in [0.15, 0.2) is 24.3 Å². The number of carbonyl (C=O) groups is 1. The van der Waals surface area contributed by atoms with Crippen LogP contribution in [0.2, 0.25) is 5.02 Å². The first kappa shape index (κ1) is 18.9. The minimum atomic E-state index is 0.0401. The predicted molar refractivity (Wildman–Crippen MR) is 101 cm³/mol. The number of piperazine rings is 1. The van der Waals surface area contributed by atoms with E-state index < -0.39 is 0 Å². The van der Waals surface area contributed by atoms with Crippen molar-refractivity contribution in [1.82, 2.24) is 15.1 Å². The molecule has 1 saturated heterocycles. The Bertz CT molecular complexity index is 532. The van der Waals surface area contributed by atoms with Crippen LogP contribution in [0.4, 0.5) is 10.5 Å². The van der Waals surface area contributed by atoms with Gasteiger partial charge < -0.3 is 20.0 Å². The van der Waals surface area contributed by atoms with Gasteiger partial charge in [-0.25, -0.2) is 4.79 Å². The van der Waals surface area contributed by atoms with E-state index >= 15 is 0 Å². The van der Waals surface area contributed by atoms with Gasteiger partial charge in [-0.15, -0.1) is 0 Å². The number of hydrogen-bond donors (Lipinski definition) is 1. The Morgan fingerprint density at radius 2 is 2.04 bits per heavy atom. The van der Waals surface area contributed by atoms with Crippen molar-refractivity contribution in [3.05, 3.63) is 29.3 Å². The number of urea groups is 1. The molecule has 0 spiro atoms. The molecule has 0 radical (unpaired) electrons. The molecule has 1 aromatic rings. The predicted octanol–water partition coefficient (Wildman–Crippen LogP) is 2.90. The quantitative estimate of drug-likeness (QED) is 0.855. The van der Waals surface area contributed by atoms with E-state index in [1.807, 2.05) is 23.1 Å². The SMILES string of the molecule is CCC(C)N(C)CCNC(=O)N1CCN(c2cccc(Cl)c2)CC1. The van der Waals surface area contributed by atoms with Crippen molar-refractivity contribution in [2.75, 3.05) is 51.2 Å². The van der Waals surface area contributed by atoms with Gasteiger partial charge in [-0.2, -0.15) is 0 Å². The number of anilines is 1. The fraction of sp³-hybridized carbons (Fsp3) is 0.611. The highest BCUT2D eigenvalue weighted by molar-refractivity contribution is 6.30. The summed E-state index contributed by atoms with van der Waals surface area (Å²) in [4.78, 5) is 18.7. The van der Waals surface area contributed by atoms with E-state index in [1.54, 1.807) is 0 Å². The van der Waals surface area contributed by atoms with Gasteiger partial charge in [0.1, 0.15) is 0 Å². The van der Waals surface area contributed by atoms with Gasteiger partial charge in [0.2, 0.25) is 0 Å². The molecular formula is C18H29ClN4O. The van der Waals surface area contributed by atoms with E-state index in [-0.39, 0.29) is 6.03 Å². The normalized spacial score (nSPS) is 16.4. The highest BCUT2D eigenvalue weighted by Crippen LogP contribution is 2.20. The second-order valence-corrected chi connectivity index (χ2v) is 6.86. The standard InChI is InChI=1S/C18H29ClN4O/c1-4-15(2)21(3)9-8-20-18(24)23-12-10-22(11-13-23)17-7-5-6-16(19)14-17/h5-7,14-15H,4,8-13H2,1-3H3,(H,20,24). The average Bonchev–Trinajstić information content (AvgIpc) is 2.61. The van der Waals surface area contributed by atoms with Crippen molar-refractivity contribution < 1.29 is 4.79 Å². The van der Waals surface area contributed by atoms with E-state index in [0.717, 1.165) is 49.9 Å². The van der Waals surface area contributed by atoms with Crippen LogP contribution in [-0.2, 0) is 0 Å². The summed E-state index contributed by atoms with van der Waals surface area (Å²) >= 11 is 6.05. The smallest absolute Gasteiger partial charge is 0.317 e. The Labute approximate surface area is 150 Å². The van der Waals surface area contributed by atoms with Gasteiger partial charge in [-0.1, -0.05) is 24.6 Å². The summed E-state index contributed by atoms with van der Waals surface area (Å²) in [7, 11) is 2.10. The first-order chi connectivity index (χ1) is 11.5. The van der Waals surface area contributed by atoms with Crippen molar-refractivity contribution in [3.63, 3.8) is 0 Å². The Morgan fingerprint density at radius 1 is 1.33 bits per heavy atom. The van der Waals surface area contributed by atoms with Gasteiger partial charge in [0.05, 0.1) is 0 Å². The number of nitrogens with one attached hydrogen (secondary N) is 1.